The third kappa shape index (κ3) is 8.53. The largest absolute Gasteiger partial charge is 0.377 e. The molecule has 1 rings (SSSR count). The van der Waals surface area contributed by atoms with Crippen molar-refractivity contribution in [3.63, 3.8) is 0 Å². The fourth-order valence-electron chi connectivity index (χ4n) is 1.95. The molecule has 1 aliphatic heterocycles. The van der Waals surface area contributed by atoms with Crippen LogP contribution in [0, 0.1) is 0 Å². The van der Waals surface area contributed by atoms with Gasteiger partial charge in [0.15, 0.2) is 5.96 Å². The fraction of sp³-hybridized carbons (Fsp3) is 0.923. The second kappa shape index (κ2) is 11.9. The summed E-state index contributed by atoms with van der Waals surface area (Å²) in [6, 6.07) is 0. The normalized spacial score (nSPS) is 18.0. The number of thioether (sulfide) groups is 1. The Morgan fingerprint density at radius 3 is 2.60 bits per heavy atom. The van der Waals surface area contributed by atoms with Crippen LogP contribution in [0.5, 0.6) is 0 Å². The van der Waals surface area contributed by atoms with Gasteiger partial charge in [-0.25, -0.2) is 0 Å². The Kier molecular flexibility index (Phi) is 12.0. The van der Waals surface area contributed by atoms with Gasteiger partial charge in [0.2, 0.25) is 0 Å². The van der Waals surface area contributed by atoms with E-state index in [1.807, 2.05) is 18.7 Å². The molecular formula is C13H29IN4OS. The highest BCUT2D eigenvalue weighted by Gasteiger charge is 2.13. The molecule has 1 heterocycles. The van der Waals surface area contributed by atoms with Crippen LogP contribution >= 0.6 is 35.7 Å². The molecule has 20 heavy (non-hydrogen) atoms. The molecule has 0 saturated carbocycles. The molecule has 0 aromatic carbocycles. The van der Waals surface area contributed by atoms with Crippen molar-refractivity contribution in [2.75, 3.05) is 58.4 Å². The van der Waals surface area contributed by atoms with Gasteiger partial charge in [-0.1, -0.05) is 0 Å². The van der Waals surface area contributed by atoms with E-state index in [2.05, 4.69) is 28.9 Å². The summed E-state index contributed by atoms with van der Waals surface area (Å²) in [5.74, 6) is 2.96. The van der Waals surface area contributed by atoms with Crippen molar-refractivity contribution in [3.8, 4) is 0 Å². The van der Waals surface area contributed by atoms with Gasteiger partial charge < -0.3 is 20.3 Å². The number of rotatable bonds is 7. The Morgan fingerprint density at radius 1 is 1.40 bits per heavy atom. The number of halogens is 1. The number of nitrogens with two attached hydrogens (primary N) is 1. The minimum Gasteiger partial charge on any atom is -0.377 e. The number of hydrogen-bond acceptors (Lipinski definition) is 4. The zero-order valence-electron chi connectivity index (χ0n) is 12.9. The molecule has 0 aromatic heterocycles. The molecule has 1 aliphatic rings. The Hall–Kier alpha value is 0.270. The van der Waals surface area contributed by atoms with Gasteiger partial charge in [0.05, 0.1) is 12.6 Å². The maximum atomic E-state index is 6.05. The molecule has 2 N–H and O–H groups in total. The van der Waals surface area contributed by atoms with Gasteiger partial charge in [-0.2, -0.15) is 11.8 Å². The van der Waals surface area contributed by atoms with Crippen molar-refractivity contribution < 1.29 is 4.74 Å². The predicted octanol–water partition coefficient (Wildman–Crippen LogP) is 1.32. The highest BCUT2D eigenvalue weighted by atomic mass is 127. The SMILES string of the molecule is CCOC(CCN(C)C)CN=C(N)N1CCSCC1.I. The lowest BCUT2D eigenvalue weighted by Crippen LogP contribution is -2.43. The second-order valence-electron chi connectivity index (χ2n) is 4.97. The molecule has 1 unspecified atom stereocenters. The van der Waals surface area contributed by atoms with Crippen LogP contribution in [-0.2, 0) is 4.74 Å². The standard InChI is InChI=1S/C13H28N4OS.HI/c1-4-18-12(5-6-16(2)3)11-15-13(14)17-7-9-19-10-8-17;/h12H,4-11H2,1-3H3,(H2,14,15);1H. The summed E-state index contributed by atoms with van der Waals surface area (Å²) in [5, 5.41) is 0. The van der Waals surface area contributed by atoms with E-state index in [-0.39, 0.29) is 30.1 Å². The van der Waals surface area contributed by atoms with E-state index < -0.39 is 0 Å². The predicted molar refractivity (Wildman–Crippen MR) is 99.4 cm³/mol. The smallest absolute Gasteiger partial charge is 0.191 e. The van der Waals surface area contributed by atoms with Crippen molar-refractivity contribution in [2.45, 2.75) is 19.4 Å². The minimum absolute atomic E-state index is 0. The van der Waals surface area contributed by atoms with Gasteiger partial charge in [0.1, 0.15) is 0 Å². The number of nitrogens with zero attached hydrogens (tertiary/aromatic N) is 3. The molecule has 5 nitrogen and oxygen atoms in total. The molecule has 1 atom stereocenters. The van der Waals surface area contributed by atoms with Crippen LogP contribution < -0.4 is 5.73 Å². The maximum absolute atomic E-state index is 6.05. The van der Waals surface area contributed by atoms with E-state index >= 15 is 0 Å². The zero-order valence-corrected chi connectivity index (χ0v) is 16.0. The lowest BCUT2D eigenvalue weighted by atomic mass is 10.2. The molecule has 0 aromatic rings. The van der Waals surface area contributed by atoms with Crippen LogP contribution in [0.3, 0.4) is 0 Å². The van der Waals surface area contributed by atoms with Crippen molar-refractivity contribution in [1.82, 2.24) is 9.80 Å². The van der Waals surface area contributed by atoms with Gasteiger partial charge in [0, 0.05) is 37.7 Å². The molecule has 0 radical (unpaired) electrons. The summed E-state index contributed by atoms with van der Waals surface area (Å²) in [4.78, 5) is 8.85. The first kappa shape index (κ1) is 20.3. The van der Waals surface area contributed by atoms with Crippen molar-refractivity contribution in [1.29, 1.82) is 0 Å². The van der Waals surface area contributed by atoms with Crippen LogP contribution in [0.1, 0.15) is 13.3 Å². The first-order valence-corrected chi connectivity index (χ1v) is 8.18. The highest BCUT2D eigenvalue weighted by molar-refractivity contribution is 14.0. The quantitative estimate of drug-likeness (QED) is 0.386. The first-order chi connectivity index (χ1) is 9.13. The molecule has 0 amide bonds. The van der Waals surface area contributed by atoms with Gasteiger partial charge in [0.25, 0.3) is 0 Å². The zero-order chi connectivity index (χ0) is 14.1. The number of guanidine groups is 1. The summed E-state index contributed by atoms with van der Waals surface area (Å²) in [6.07, 6.45) is 1.16. The molecule has 7 heteroatoms. The topological polar surface area (TPSA) is 54.1 Å². The van der Waals surface area contributed by atoms with E-state index in [0.717, 1.165) is 44.2 Å². The summed E-state index contributed by atoms with van der Waals surface area (Å²) in [6.45, 7) is 6.46. The summed E-state index contributed by atoms with van der Waals surface area (Å²) in [7, 11) is 4.15. The lowest BCUT2D eigenvalue weighted by molar-refractivity contribution is 0.0581. The molecule has 120 valence electrons. The van der Waals surface area contributed by atoms with Crippen LogP contribution in [0.4, 0.5) is 0 Å². The molecular weight excluding hydrogens is 387 g/mol. The second-order valence-corrected chi connectivity index (χ2v) is 6.19. The van der Waals surface area contributed by atoms with Crippen LogP contribution in [0.15, 0.2) is 4.99 Å². The van der Waals surface area contributed by atoms with Crippen LogP contribution in [0.25, 0.3) is 0 Å². The van der Waals surface area contributed by atoms with Crippen LogP contribution in [0.2, 0.25) is 0 Å². The van der Waals surface area contributed by atoms with Crippen molar-refractivity contribution in [3.05, 3.63) is 0 Å². The Bertz CT molecular complexity index is 273. The first-order valence-electron chi connectivity index (χ1n) is 7.02. The van der Waals surface area contributed by atoms with E-state index in [4.69, 9.17) is 10.5 Å². The lowest BCUT2D eigenvalue weighted by Gasteiger charge is -2.27. The molecule has 1 saturated heterocycles. The molecule has 0 bridgehead atoms. The Morgan fingerprint density at radius 2 is 2.05 bits per heavy atom. The number of aliphatic imine (C=N–C) groups is 1. The monoisotopic (exact) mass is 416 g/mol. The van der Waals surface area contributed by atoms with Crippen LogP contribution in [-0.4, -0.2) is 80.3 Å². The fourth-order valence-corrected chi connectivity index (χ4v) is 2.86. The third-order valence-corrected chi connectivity index (χ3v) is 4.04. The van der Waals surface area contributed by atoms with E-state index in [0.29, 0.717) is 12.5 Å². The molecule has 0 aliphatic carbocycles. The average Bonchev–Trinajstić information content (AvgIpc) is 2.42. The highest BCUT2D eigenvalue weighted by Crippen LogP contribution is 2.09. The molecule has 0 spiro atoms. The van der Waals surface area contributed by atoms with E-state index in [1.54, 1.807) is 0 Å². The van der Waals surface area contributed by atoms with E-state index in [9.17, 15) is 0 Å². The summed E-state index contributed by atoms with van der Waals surface area (Å²) >= 11 is 1.98. The Balaban J connectivity index is 0.00000361. The minimum atomic E-state index is 0. The van der Waals surface area contributed by atoms with Gasteiger partial charge in [-0.05, 0) is 27.4 Å². The van der Waals surface area contributed by atoms with Gasteiger partial charge >= 0.3 is 0 Å². The van der Waals surface area contributed by atoms with Crippen molar-refractivity contribution >= 4 is 41.7 Å². The number of ether oxygens (including phenoxy) is 1. The summed E-state index contributed by atoms with van der Waals surface area (Å²) < 4.78 is 5.72. The van der Waals surface area contributed by atoms with Gasteiger partial charge in [-0.3, -0.25) is 4.99 Å². The number of hydrogen-bond donors (Lipinski definition) is 1. The Labute approximate surface area is 144 Å². The molecule has 1 fully saturated rings. The maximum Gasteiger partial charge on any atom is 0.191 e. The van der Waals surface area contributed by atoms with Crippen molar-refractivity contribution in [2.24, 2.45) is 10.7 Å². The average molecular weight is 416 g/mol. The van der Waals surface area contributed by atoms with Gasteiger partial charge in [-0.15, -0.1) is 24.0 Å². The summed E-state index contributed by atoms with van der Waals surface area (Å²) in [5.41, 5.74) is 6.05. The van der Waals surface area contributed by atoms with E-state index in [1.165, 1.54) is 0 Å². The third-order valence-electron chi connectivity index (χ3n) is 3.09.